The second-order valence-corrected chi connectivity index (χ2v) is 5.24. The van der Waals surface area contributed by atoms with Crippen LogP contribution in [0.5, 0.6) is 0 Å². The number of benzene rings is 1. The van der Waals surface area contributed by atoms with Crippen LogP contribution in [-0.4, -0.2) is 16.3 Å². The van der Waals surface area contributed by atoms with E-state index in [0.29, 0.717) is 16.5 Å². The van der Waals surface area contributed by atoms with E-state index in [1.807, 2.05) is 13.0 Å². The van der Waals surface area contributed by atoms with Gasteiger partial charge in [-0.2, -0.15) is 5.26 Å². The molecule has 16 heavy (non-hydrogen) atoms. The lowest BCUT2D eigenvalue weighted by molar-refractivity contribution is -0.136. The highest BCUT2D eigenvalue weighted by Crippen LogP contribution is 2.29. The number of nitrogens with zero attached hydrogens (tertiary/aromatic N) is 1. The van der Waals surface area contributed by atoms with Crippen LogP contribution in [0.1, 0.15) is 18.9 Å². The zero-order valence-electron chi connectivity index (χ0n) is 8.61. The molecule has 1 N–H and O–H groups in total. The van der Waals surface area contributed by atoms with E-state index in [0.717, 1.165) is 4.90 Å². The van der Waals surface area contributed by atoms with Gasteiger partial charge >= 0.3 is 5.97 Å². The van der Waals surface area contributed by atoms with Gasteiger partial charge in [-0.3, -0.25) is 4.79 Å². The summed E-state index contributed by atoms with van der Waals surface area (Å²) < 4.78 is 0.695. The number of hydrogen-bond acceptors (Lipinski definition) is 3. The topological polar surface area (TPSA) is 61.1 Å². The van der Waals surface area contributed by atoms with E-state index in [1.54, 1.807) is 18.2 Å². The summed E-state index contributed by atoms with van der Waals surface area (Å²) in [6.07, 6.45) is 0.567. The van der Waals surface area contributed by atoms with Gasteiger partial charge in [0.2, 0.25) is 0 Å². The molecule has 1 rings (SSSR count). The Balaban J connectivity index is 2.87. The van der Waals surface area contributed by atoms with E-state index >= 15 is 0 Å². The smallest absolute Gasteiger partial charge is 0.316 e. The molecule has 1 unspecified atom stereocenters. The third kappa shape index (κ3) is 3.26. The Bertz CT molecular complexity index is 442. The minimum absolute atomic E-state index is 0.445. The molecular weight excluding hydrogens is 290 g/mol. The van der Waals surface area contributed by atoms with Gasteiger partial charge in [0.05, 0.1) is 5.56 Å². The van der Waals surface area contributed by atoms with Crippen LogP contribution in [0, 0.1) is 11.3 Å². The molecular formula is C11H10BrNO2S. The quantitative estimate of drug-likeness (QED) is 0.867. The van der Waals surface area contributed by atoms with Gasteiger partial charge in [-0.25, -0.2) is 0 Å². The summed E-state index contributed by atoms with van der Waals surface area (Å²) in [7, 11) is 0. The average Bonchev–Trinajstić information content (AvgIpc) is 2.25. The van der Waals surface area contributed by atoms with Gasteiger partial charge in [-0.1, -0.05) is 6.92 Å². The van der Waals surface area contributed by atoms with E-state index in [4.69, 9.17) is 10.4 Å². The van der Waals surface area contributed by atoms with Crippen LogP contribution in [0.2, 0.25) is 0 Å². The van der Waals surface area contributed by atoms with E-state index in [1.165, 1.54) is 11.8 Å². The SMILES string of the molecule is CCC(Sc1ccc(C#N)c(Br)c1)C(=O)O. The molecule has 1 aromatic rings. The van der Waals surface area contributed by atoms with Gasteiger partial charge < -0.3 is 5.11 Å². The van der Waals surface area contributed by atoms with E-state index in [9.17, 15) is 4.79 Å². The Hall–Kier alpha value is -0.990. The van der Waals surface area contributed by atoms with Crippen LogP contribution < -0.4 is 0 Å². The first-order chi connectivity index (χ1) is 7.58. The summed E-state index contributed by atoms with van der Waals surface area (Å²) in [5.41, 5.74) is 0.549. The molecule has 0 saturated carbocycles. The molecule has 0 bridgehead atoms. The lowest BCUT2D eigenvalue weighted by Gasteiger charge is -2.09. The molecule has 3 nitrogen and oxygen atoms in total. The van der Waals surface area contributed by atoms with Crippen molar-refractivity contribution in [2.75, 3.05) is 0 Å². The molecule has 0 radical (unpaired) electrons. The number of carbonyl (C=O) groups is 1. The van der Waals surface area contributed by atoms with Crippen LogP contribution >= 0.6 is 27.7 Å². The number of aliphatic carboxylic acids is 1. The van der Waals surface area contributed by atoms with Crippen molar-refractivity contribution in [2.24, 2.45) is 0 Å². The molecule has 0 spiro atoms. The molecule has 84 valence electrons. The number of rotatable bonds is 4. The first-order valence-electron chi connectivity index (χ1n) is 4.67. The minimum Gasteiger partial charge on any atom is -0.480 e. The maximum absolute atomic E-state index is 10.9. The number of thioether (sulfide) groups is 1. The molecule has 0 aliphatic carbocycles. The van der Waals surface area contributed by atoms with E-state index < -0.39 is 11.2 Å². The lowest BCUT2D eigenvalue weighted by Crippen LogP contribution is -2.14. The van der Waals surface area contributed by atoms with Crippen molar-refractivity contribution in [1.29, 1.82) is 5.26 Å². The van der Waals surface area contributed by atoms with Crippen molar-refractivity contribution in [2.45, 2.75) is 23.5 Å². The Labute approximate surface area is 107 Å². The van der Waals surface area contributed by atoms with Crippen molar-refractivity contribution in [3.8, 4) is 6.07 Å². The van der Waals surface area contributed by atoms with Crippen LogP contribution in [0.15, 0.2) is 27.6 Å². The Kier molecular flexibility index (Phi) is 4.84. The summed E-state index contributed by atoms with van der Waals surface area (Å²) >= 11 is 4.56. The van der Waals surface area contributed by atoms with Gasteiger partial charge in [0.15, 0.2) is 0 Å². The zero-order chi connectivity index (χ0) is 12.1. The van der Waals surface area contributed by atoms with Crippen LogP contribution in [0.3, 0.4) is 0 Å². The first kappa shape index (κ1) is 13.1. The molecule has 0 heterocycles. The summed E-state index contributed by atoms with van der Waals surface area (Å²) in [6.45, 7) is 1.84. The summed E-state index contributed by atoms with van der Waals surface area (Å²) in [5, 5.41) is 17.2. The van der Waals surface area contributed by atoms with Gasteiger partial charge in [-0.15, -0.1) is 11.8 Å². The molecule has 0 aliphatic heterocycles. The number of nitriles is 1. The van der Waals surface area contributed by atoms with E-state index in [-0.39, 0.29) is 0 Å². The molecule has 0 aromatic heterocycles. The minimum atomic E-state index is -0.812. The molecule has 0 amide bonds. The predicted molar refractivity (Wildman–Crippen MR) is 66.4 cm³/mol. The highest BCUT2D eigenvalue weighted by Gasteiger charge is 2.16. The van der Waals surface area contributed by atoms with Crippen LogP contribution in [0.4, 0.5) is 0 Å². The molecule has 0 aliphatic rings. The maximum Gasteiger partial charge on any atom is 0.316 e. The van der Waals surface area contributed by atoms with Crippen molar-refractivity contribution in [1.82, 2.24) is 0 Å². The van der Waals surface area contributed by atoms with Crippen molar-refractivity contribution >= 4 is 33.7 Å². The number of carboxylic acid groups (broad SMARTS) is 1. The highest BCUT2D eigenvalue weighted by molar-refractivity contribution is 9.10. The maximum atomic E-state index is 10.9. The van der Waals surface area contributed by atoms with Crippen LogP contribution in [-0.2, 0) is 4.79 Å². The summed E-state index contributed by atoms with van der Waals surface area (Å²) in [4.78, 5) is 11.7. The van der Waals surface area contributed by atoms with Crippen molar-refractivity contribution in [3.05, 3.63) is 28.2 Å². The molecule has 0 fully saturated rings. The molecule has 5 heteroatoms. The zero-order valence-corrected chi connectivity index (χ0v) is 11.0. The number of halogens is 1. The normalized spacial score (nSPS) is 11.8. The van der Waals surface area contributed by atoms with Gasteiger partial charge in [0.1, 0.15) is 11.3 Å². The summed E-state index contributed by atoms with van der Waals surface area (Å²) in [5.74, 6) is -0.812. The Morgan fingerprint density at radius 3 is 2.81 bits per heavy atom. The van der Waals surface area contributed by atoms with Crippen molar-refractivity contribution in [3.63, 3.8) is 0 Å². The standard InChI is InChI=1S/C11H10BrNO2S/c1-2-10(11(14)15)16-8-4-3-7(6-13)9(12)5-8/h3-5,10H,2H2,1H3,(H,14,15). The van der Waals surface area contributed by atoms with Crippen molar-refractivity contribution < 1.29 is 9.90 Å². The fraction of sp³-hybridized carbons (Fsp3) is 0.273. The highest BCUT2D eigenvalue weighted by atomic mass is 79.9. The van der Waals surface area contributed by atoms with Gasteiger partial charge in [0.25, 0.3) is 0 Å². The first-order valence-corrected chi connectivity index (χ1v) is 6.34. The number of carboxylic acids is 1. The molecule has 1 atom stereocenters. The average molecular weight is 300 g/mol. The Morgan fingerprint density at radius 1 is 1.69 bits per heavy atom. The lowest BCUT2D eigenvalue weighted by atomic mass is 10.2. The summed E-state index contributed by atoms with van der Waals surface area (Å²) in [6, 6.07) is 7.26. The van der Waals surface area contributed by atoms with Gasteiger partial charge in [-0.05, 0) is 40.5 Å². The fourth-order valence-corrected chi connectivity index (χ4v) is 2.68. The van der Waals surface area contributed by atoms with Crippen LogP contribution in [0.25, 0.3) is 0 Å². The van der Waals surface area contributed by atoms with E-state index in [2.05, 4.69) is 15.9 Å². The fourth-order valence-electron chi connectivity index (χ4n) is 1.13. The Morgan fingerprint density at radius 2 is 2.38 bits per heavy atom. The third-order valence-electron chi connectivity index (χ3n) is 1.99. The third-order valence-corrected chi connectivity index (χ3v) is 3.99. The second kappa shape index (κ2) is 5.92. The second-order valence-electron chi connectivity index (χ2n) is 3.11. The van der Waals surface area contributed by atoms with Gasteiger partial charge in [0, 0.05) is 9.37 Å². The largest absolute Gasteiger partial charge is 0.480 e. The molecule has 0 saturated heterocycles. The molecule has 1 aromatic carbocycles. The monoisotopic (exact) mass is 299 g/mol. The number of hydrogen-bond donors (Lipinski definition) is 1. The predicted octanol–water partition coefficient (Wildman–Crippen LogP) is 3.28.